The van der Waals surface area contributed by atoms with E-state index in [1.54, 1.807) is 0 Å². The molecule has 1 aliphatic carbocycles. The van der Waals surface area contributed by atoms with Crippen LogP contribution in [0.1, 0.15) is 41.7 Å². The number of halogens is 2. The van der Waals surface area contributed by atoms with Gasteiger partial charge < -0.3 is 15.5 Å². The van der Waals surface area contributed by atoms with E-state index in [4.69, 9.17) is 0 Å². The highest BCUT2D eigenvalue weighted by molar-refractivity contribution is 5.94. The quantitative estimate of drug-likeness (QED) is 0.821. The van der Waals surface area contributed by atoms with Crippen LogP contribution < -0.4 is 15.5 Å². The molecule has 0 spiro atoms. The number of hydrogen-bond acceptors (Lipinski definition) is 5. The van der Waals surface area contributed by atoms with Gasteiger partial charge in [-0.25, -0.2) is 13.8 Å². The molecule has 0 atom stereocenters. The highest BCUT2D eigenvalue weighted by atomic mass is 19.2. The summed E-state index contributed by atoms with van der Waals surface area (Å²) in [6.07, 6.45) is 3.36. The minimum atomic E-state index is -1.02. The van der Waals surface area contributed by atoms with Gasteiger partial charge in [-0.3, -0.25) is 4.79 Å². The van der Waals surface area contributed by atoms with Crippen LogP contribution in [-0.2, 0) is 0 Å². The number of benzene rings is 1. The second-order valence-corrected chi connectivity index (χ2v) is 7.38. The summed E-state index contributed by atoms with van der Waals surface area (Å²) in [6, 6.07) is 5.39. The summed E-state index contributed by atoms with van der Waals surface area (Å²) in [4.78, 5) is 23.0. The smallest absolute Gasteiger partial charge is 0.251 e. The second-order valence-electron chi connectivity index (χ2n) is 7.38. The van der Waals surface area contributed by atoms with E-state index < -0.39 is 11.6 Å². The van der Waals surface area contributed by atoms with Gasteiger partial charge in [0.1, 0.15) is 5.82 Å². The second kappa shape index (κ2) is 8.50. The maximum absolute atomic E-state index is 13.3. The molecule has 1 aromatic heterocycles. The van der Waals surface area contributed by atoms with Gasteiger partial charge in [0, 0.05) is 43.5 Å². The monoisotopic (exact) mass is 389 g/mol. The fourth-order valence-electron chi connectivity index (χ4n) is 3.32. The molecule has 0 radical (unpaired) electrons. The summed E-state index contributed by atoms with van der Waals surface area (Å²) >= 11 is 0. The van der Waals surface area contributed by atoms with E-state index in [0.29, 0.717) is 5.95 Å². The van der Waals surface area contributed by atoms with Crippen molar-refractivity contribution in [3.05, 3.63) is 47.2 Å². The molecule has 0 unspecified atom stereocenters. The van der Waals surface area contributed by atoms with E-state index in [2.05, 4.69) is 20.6 Å². The molecule has 2 N–H and O–H groups in total. The van der Waals surface area contributed by atoms with Crippen LogP contribution in [-0.4, -0.2) is 42.1 Å². The van der Waals surface area contributed by atoms with E-state index in [1.165, 1.54) is 6.07 Å². The number of nitrogens with zero attached hydrogens (tertiary/aromatic N) is 3. The lowest BCUT2D eigenvalue weighted by Gasteiger charge is -2.30. The average molecular weight is 389 g/mol. The summed E-state index contributed by atoms with van der Waals surface area (Å²) in [6.45, 7) is 1.94. The van der Waals surface area contributed by atoms with E-state index >= 15 is 0 Å². The summed E-state index contributed by atoms with van der Waals surface area (Å²) in [5.41, 5.74) is 1.03. The number of anilines is 2. The number of rotatable bonds is 5. The lowest BCUT2D eigenvalue weighted by atomic mass is 9.91. The molecule has 1 aromatic carbocycles. The van der Waals surface area contributed by atoms with Crippen LogP contribution in [0, 0.1) is 18.6 Å². The fourth-order valence-corrected chi connectivity index (χ4v) is 3.32. The van der Waals surface area contributed by atoms with Crippen molar-refractivity contribution in [2.45, 2.75) is 44.7 Å². The van der Waals surface area contributed by atoms with Crippen molar-refractivity contribution in [1.82, 2.24) is 15.3 Å². The minimum absolute atomic E-state index is 0.0168. The third-order valence-corrected chi connectivity index (χ3v) is 4.84. The van der Waals surface area contributed by atoms with Crippen LogP contribution in [0.25, 0.3) is 0 Å². The Morgan fingerprint density at radius 2 is 1.71 bits per heavy atom. The number of hydrogen-bond donors (Lipinski definition) is 2. The number of nitrogens with one attached hydrogen (secondary N) is 2. The van der Waals surface area contributed by atoms with Crippen molar-refractivity contribution >= 4 is 17.7 Å². The highest BCUT2D eigenvalue weighted by Gasteiger charge is 2.23. The first-order valence-corrected chi connectivity index (χ1v) is 9.37. The topological polar surface area (TPSA) is 70.2 Å². The predicted octanol–water partition coefficient (Wildman–Crippen LogP) is 3.28. The third-order valence-electron chi connectivity index (χ3n) is 4.84. The van der Waals surface area contributed by atoms with Gasteiger partial charge in [0.25, 0.3) is 5.91 Å². The number of amides is 1. The molecular weight excluding hydrogens is 364 g/mol. The predicted molar refractivity (Wildman–Crippen MR) is 105 cm³/mol. The molecule has 150 valence electrons. The first-order chi connectivity index (χ1) is 13.3. The Hall–Kier alpha value is -2.77. The zero-order valence-electron chi connectivity index (χ0n) is 16.3. The van der Waals surface area contributed by atoms with Crippen LogP contribution in [0.4, 0.5) is 20.5 Å². The van der Waals surface area contributed by atoms with Crippen LogP contribution in [0.3, 0.4) is 0 Å². The van der Waals surface area contributed by atoms with Crippen molar-refractivity contribution in [2.24, 2.45) is 0 Å². The van der Waals surface area contributed by atoms with E-state index in [0.717, 1.165) is 49.3 Å². The van der Waals surface area contributed by atoms with Crippen molar-refractivity contribution in [3.63, 3.8) is 0 Å². The Labute approximate surface area is 163 Å². The fraction of sp³-hybridized carbons (Fsp3) is 0.450. The molecule has 0 bridgehead atoms. The van der Waals surface area contributed by atoms with Crippen LogP contribution >= 0.6 is 0 Å². The molecule has 28 heavy (non-hydrogen) atoms. The molecule has 6 nitrogen and oxygen atoms in total. The summed E-state index contributed by atoms with van der Waals surface area (Å²) in [7, 11) is 3.80. The maximum atomic E-state index is 13.3. The van der Waals surface area contributed by atoms with Gasteiger partial charge >= 0.3 is 0 Å². The highest BCUT2D eigenvalue weighted by Crippen LogP contribution is 2.23. The molecule has 1 amide bonds. The maximum Gasteiger partial charge on any atom is 0.251 e. The first kappa shape index (κ1) is 20.0. The Morgan fingerprint density at radius 1 is 1.04 bits per heavy atom. The molecule has 1 saturated carbocycles. The van der Waals surface area contributed by atoms with Crippen molar-refractivity contribution in [3.8, 4) is 0 Å². The Balaban J connectivity index is 1.53. The molecular formula is C20H25F2N5O. The van der Waals surface area contributed by atoms with Gasteiger partial charge in [0.05, 0.1) is 0 Å². The molecule has 0 saturated heterocycles. The van der Waals surface area contributed by atoms with Crippen molar-refractivity contribution in [1.29, 1.82) is 0 Å². The Kier molecular flexibility index (Phi) is 6.06. The SMILES string of the molecule is Cc1cc(NC2CCC(NC(=O)c3ccc(F)c(F)c3)CC2)nc(N(C)C)n1. The standard InChI is InChI=1S/C20H25F2N5O/c1-12-10-18(26-20(23-12)27(2)3)24-14-5-7-15(8-6-14)25-19(28)13-4-9-16(21)17(22)11-13/h4,9-11,14-15H,5-8H2,1-3H3,(H,25,28)(H,23,24,26). The van der Waals surface area contributed by atoms with Crippen LogP contribution in [0.5, 0.6) is 0 Å². The number of aryl methyl sites for hydroxylation is 1. The van der Waals surface area contributed by atoms with Crippen molar-refractivity contribution in [2.75, 3.05) is 24.3 Å². The van der Waals surface area contributed by atoms with E-state index in [-0.39, 0.29) is 23.6 Å². The molecule has 2 aromatic rings. The molecule has 8 heteroatoms. The van der Waals surface area contributed by atoms with Gasteiger partial charge in [-0.2, -0.15) is 4.98 Å². The third kappa shape index (κ3) is 4.94. The Morgan fingerprint density at radius 3 is 2.36 bits per heavy atom. The van der Waals surface area contributed by atoms with Gasteiger partial charge in [0.2, 0.25) is 5.95 Å². The van der Waals surface area contributed by atoms with Crippen LogP contribution in [0.2, 0.25) is 0 Å². The van der Waals surface area contributed by atoms with Crippen molar-refractivity contribution < 1.29 is 13.6 Å². The molecule has 0 aliphatic heterocycles. The van der Waals surface area contributed by atoms with Gasteiger partial charge in [-0.15, -0.1) is 0 Å². The van der Waals surface area contributed by atoms with Gasteiger partial charge in [-0.05, 0) is 50.8 Å². The Bertz CT molecular complexity index is 850. The van der Waals surface area contributed by atoms with Crippen LogP contribution in [0.15, 0.2) is 24.3 Å². The van der Waals surface area contributed by atoms with E-state index in [9.17, 15) is 13.6 Å². The van der Waals surface area contributed by atoms with Gasteiger partial charge in [-0.1, -0.05) is 0 Å². The summed E-state index contributed by atoms with van der Waals surface area (Å²) < 4.78 is 26.3. The number of carbonyl (C=O) groups excluding carboxylic acids is 1. The van der Waals surface area contributed by atoms with Gasteiger partial charge in [0.15, 0.2) is 11.6 Å². The van der Waals surface area contributed by atoms with E-state index in [1.807, 2.05) is 32.0 Å². The molecule has 3 rings (SSSR count). The summed E-state index contributed by atoms with van der Waals surface area (Å²) in [5.74, 6) is -0.892. The largest absolute Gasteiger partial charge is 0.367 e. The number of aromatic nitrogens is 2. The lowest BCUT2D eigenvalue weighted by molar-refractivity contribution is 0.0926. The average Bonchev–Trinajstić information content (AvgIpc) is 2.65. The molecule has 1 fully saturated rings. The zero-order chi connectivity index (χ0) is 20.3. The minimum Gasteiger partial charge on any atom is -0.367 e. The zero-order valence-corrected chi connectivity index (χ0v) is 16.3. The lowest BCUT2D eigenvalue weighted by Crippen LogP contribution is -2.40. The number of carbonyl (C=O) groups is 1. The molecule has 1 heterocycles. The molecule has 1 aliphatic rings. The first-order valence-electron chi connectivity index (χ1n) is 9.37. The summed E-state index contributed by atoms with van der Waals surface area (Å²) in [5, 5.41) is 6.37. The normalized spacial score (nSPS) is 19.2.